The molecule has 2 aliphatic rings. The van der Waals surface area contributed by atoms with E-state index in [1.807, 2.05) is 13.0 Å². The van der Waals surface area contributed by atoms with Gasteiger partial charge in [-0.05, 0) is 24.2 Å². The van der Waals surface area contributed by atoms with Crippen molar-refractivity contribution in [1.82, 2.24) is 0 Å². The molecule has 0 saturated carbocycles. The minimum Gasteiger partial charge on any atom is -0.466 e. The number of allylic oxidation sites excluding steroid dienone is 2. The molecule has 0 aromatic carbocycles. The number of hydrogen-bond acceptors (Lipinski definition) is 3. The van der Waals surface area contributed by atoms with E-state index >= 15 is 0 Å². The lowest BCUT2D eigenvalue weighted by molar-refractivity contribution is -0.140. The Kier molecular flexibility index (Phi) is 4.19. The smallest absolute Gasteiger partial charge is 0.334 e. The molecule has 124 valence electrons. The molecule has 2 rings (SSSR count). The summed E-state index contributed by atoms with van der Waals surface area (Å²) in [6, 6.07) is 0. The first-order chi connectivity index (χ1) is 9.98. The molecule has 0 radical (unpaired) electrons. The molecule has 1 N–H and O–H groups in total. The molecule has 0 aromatic rings. The largest absolute Gasteiger partial charge is 0.466 e. The third-order valence-corrected chi connectivity index (χ3v) is 7.72. The van der Waals surface area contributed by atoms with Crippen LogP contribution in [0.25, 0.3) is 0 Å². The van der Waals surface area contributed by atoms with Crippen LogP contribution in [0.3, 0.4) is 0 Å². The van der Waals surface area contributed by atoms with Crippen LogP contribution in [0.15, 0.2) is 23.8 Å². The average molecular weight is 371 g/mol. The fourth-order valence-corrected chi connectivity index (χ4v) is 4.93. The molecule has 0 heterocycles. The predicted molar refractivity (Wildman–Crippen MR) is 91.8 cm³/mol. The molecule has 4 unspecified atom stereocenters. The fourth-order valence-electron chi connectivity index (χ4n) is 4.58. The average Bonchev–Trinajstić information content (AvgIpc) is 2.72. The lowest BCUT2D eigenvalue weighted by Crippen LogP contribution is -2.57. The lowest BCUT2D eigenvalue weighted by atomic mass is 9.45. The summed E-state index contributed by atoms with van der Waals surface area (Å²) in [4.78, 5) is 12.2. The zero-order chi connectivity index (χ0) is 17.0. The van der Waals surface area contributed by atoms with Crippen molar-refractivity contribution in [3.63, 3.8) is 0 Å². The number of rotatable bonds is 3. The Bertz CT molecular complexity index is 547. The van der Waals surface area contributed by atoms with Gasteiger partial charge in [-0.15, -0.1) is 0 Å². The number of alkyl halides is 1. The highest BCUT2D eigenvalue weighted by atomic mass is 79.9. The number of aliphatic hydroxyl groups is 1. The van der Waals surface area contributed by atoms with Gasteiger partial charge < -0.3 is 9.84 Å². The zero-order valence-corrected chi connectivity index (χ0v) is 16.0. The summed E-state index contributed by atoms with van der Waals surface area (Å²) in [5, 5.41) is 11.3. The SMILES string of the molecule is COC(=O)C1=CCC2(C)C1(C)C=CC(C(C)(O)CBr)C2(C)C. The highest BCUT2D eigenvalue weighted by Gasteiger charge is 2.63. The molecule has 4 atom stereocenters. The molecular formula is C18H27BrO3. The van der Waals surface area contributed by atoms with Gasteiger partial charge in [-0.2, -0.15) is 0 Å². The Hall–Kier alpha value is -0.610. The maximum absolute atomic E-state index is 12.2. The molecule has 0 aromatic heterocycles. The van der Waals surface area contributed by atoms with Gasteiger partial charge in [0.05, 0.1) is 12.7 Å². The van der Waals surface area contributed by atoms with Crippen LogP contribution in [0.4, 0.5) is 0 Å². The van der Waals surface area contributed by atoms with Gasteiger partial charge in [0.15, 0.2) is 0 Å². The number of halogens is 1. The molecule has 0 amide bonds. The summed E-state index contributed by atoms with van der Waals surface area (Å²) in [6.45, 7) is 10.6. The van der Waals surface area contributed by atoms with Crippen molar-refractivity contribution < 1.29 is 14.6 Å². The topological polar surface area (TPSA) is 46.5 Å². The van der Waals surface area contributed by atoms with Gasteiger partial charge in [0.1, 0.15) is 0 Å². The summed E-state index contributed by atoms with van der Waals surface area (Å²) in [6.07, 6.45) is 7.02. The van der Waals surface area contributed by atoms with E-state index in [4.69, 9.17) is 4.74 Å². The predicted octanol–water partition coefficient (Wildman–Crippen LogP) is 3.86. The minimum absolute atomic E-state index is 0.00264. The van der Waals surface area contributed by atoms with Crippen LogP contribution in [0.2, 0.25) is 0 Å². The van der Waals surface area contributed by atoms with Crippen molar-refractivity contribution in [2.75, 3.05) is 12.4 Å². The van der Waals surface area contributed by atoms with E-state index in [0.717, 1.165) is 12.0 Å². The van der Waals surface area contributed by atoms with Crippen LogP contribution in [0.1, 0.15) is 41.0 Å². The van der Waals surface area contributed by atoms with Crippen molar-refractivity contribution >= 4 is 21.9 Å². The maximum atomic E-state index is 12.2. The van der Waals surface area contributed by atoms with E-state index in [2.05, 4.69) is 55.8 Å². The first-order valence-electron chi connectivity index (χ1n) is 7.74. The van der Waals surface area contributed by atoms with Gasteiger partial charge in [-0.25, -0.2) is 4.79 Å². The summed E-state index contributed by atoms with van der Waals surface area (Å²) in [5.41, 5.74) is -0.811. The fraction of sp³-hybridized carbons (Fsp3) is 0.722. The highest BCUT2D eigenvalue weighted by Crippen LogP contribution is 2.68. The van der Waals surface area contributed by atoms with Crippen LogP contribution >= 0.6 is 15.9 Å². The molecule has 0 bridgehead atoms. The number of methoxy groups -OCH3 is 1. The van der Waals surface area contributed by atoms with Gasteiger partial charge in [-0.1, -0.05) is 61.9 Å². The maximum Gasteiger partial charge on any atom is 0.334 e. The van der Waals surface area contributed by atoms with E-state index in [1.165, 1.54) is 7.11 Å². The van der Waals surface area contributed by atoms with E-state index in [1.54, 1.807) is 0 Å². The summed E-state index contributed by atoms with van der Waals surface area (Å²) in [7, 11) is 1.43. The Morgan fingerprint density at radius 2 is 2.05 bits per heavy atom. The molecule has 0 aliphatic heterocycles. The van der Waals surface area contributed by atoms with Gasteiger partial charge in [-0.3, -0.25) is 0 Å². The Morgan fingerprint density at radius 3 is 2.55 bits per heavy atom. The molecule has 2 aliphatic carbocycles. The van der Waals surface area contributed by atoms with Crippen molar-refractivity contribution in [2.45, 2.75) is 46.6 Å². The number of hydrogen-bond donors (Lipinski definition) is 1. The second-order valence-corrected chi connectivity index (χ2v) is 8.46. The standard InChI is InChI=1S/C18H27BrO3/c1-15(2)13(17(4,21)11-19)8-9-16(3)12(14(20)22-6)7-10-18(15,16)5/h7-9,13,21H,10-11H2,1-6H3. The van der Waals surface area contributed by atoms with Gasteiger partial charge in [0, 0.05) is 22.2 Å². The van der Waals surface area contributed by atoms with Crippen molar-refractivity contribution in [3.8, 4) is 0 Å². The summed E-state index contributed by atoms with van der Waals surface area (Å²) < 4.78 is 4.98. The number of esters is 1. The Labute approximate surface area is 141 Å². The number of ether oxygens (including phenoxy) is 1. The quantitative estimate of drug-likeness (QED) is 0.466. The van der Waals surface area contributed by atoms with Crippen molar-refractivity contribution in [2.24, 2.45) is 22.2 Å². The van der Waals surface area contributed by atoms with Crippen molar-refractivity contribution in [1.29, 1.82) is 0 Å². The van der Waals surface area contributed by atoms with Gasteiger partial charge in [0.25, 0.3) is 0 Å². The van der Waals surface area contributed by atoms with E-state index in [9.17, 15) is 9.90 Å². The highest BCUT2D eigenvalue weighted by molar-refractivity contribution is 9.09. The first-order valence-corrected chi connectivity index (χ1v) is 8.87. The van der Waals surface area contributed by atoms with E-state index in [0.29, 0.717) is 5.33 Å². The Balaban J connectivity index is 2.57. The van der Waals surface area contributed by atoms with Gasteiger partial charge >= 0.3 is 5.97 Å². The number of carbonyl (C=O) groups is 1. The first kappa shape index (κ1) is 17.7. The summed E-state index contributed by atoms with van der Waals surface area (Å²) in [5.74, 6) is -0.250. The minimum atomic E-state index is -0.835. The normalized spacial score (nSPS) is 38.9. The summed E-state index contributed by atoms with van der Waals surface area (Å²) >= 11 is 3.44. The number of fused-ring (bicyclic) bond motifs is 1. The molecule has 4 heteroatoms. The molecule has 22 heavy (non-hydrogen) atoms. The third kappa shape index (κ3) is 2.06. The molecule has 0 spiro atoms. The third-order valence-electron chi connectivity index (χ3n) is 6.59. The number of carbonyl (C=O) groups excluding carboxylic acids is 1. The molecule has 0 saturated heterocycles. The second-order valence-electron chi connectivity index (χ2n) is 7.90. The lowest BCUT2D eigenvalue weighted by Gasteiger charge is -2.59. The van der Waals surface area contributed by atoms with Crippen molar-refractivity contribution in [3.05, 3.63) is 23.8 Å². The zero-order valence-electron chi connectivity index (χ0n) is 14.4. The van der Waals surface area contributed by atoms with Crippen LogP contribution in [0, 0.1) is 22.2 Å². The molecular weight excluding hydrogens is 344 g/mol. The molecule has 0 fully saturated rings. The van der Waals surface area contributed by atoms with Crippen LogP contribution in [-0.2, 0) is 9.53 Å². The van der Waals surface area contributed by atoms with Gasteiger partial charge in [0.2, 0.25) is 0 Å². The van der Waals surface area contributed by atoms with E-state index < -0.39 is 5.60 Å². The molecule has 3 nitrogen and oxygen atoms in total. The monoisotopic (exact) mass is 370 g/mol. The second kappa shape index (κ2) is 5.20. The van der Waals surface area contributed by atoms with Crippen LogP contribution in [0.5, 0.6) is 0 Å². The Morgan fingerprint density at radius 1 is 1.45 bits per heavy atom. The van der Waals surface area contributed by atoms with Crippen LogP contribution in [-0.4, -0.2) is 29.1 Å². The van der Waals surface area contributed by atoms with Crippen LogP contribution < -0.4 is 0 Å². The van der Waals surface area contributed by atoms with E-state index in [-0.39, 0.29) is 28.1 Å².